The molecule has 0 aliphatic carbocycles. The first-order chi connectivity index (χ1) is 18.4. The summed E-state index contributed by atoms with van der Waals surface area (Å²) in [5.41, 5.74) is 2.83. The van der Waals surface area contributed by atoms with Crippen molar-refractivity contribution in [2.75, 3.05) is 10.6 Å². The average molecular weight is 529 g/mol. The summed E-state index contributed by atoms with van der Waals surface area (Å²) in [6.07, 6.45) is 2.26. The number of aromatic nitrogens is 2. The molecule has 3 aromatic carbocycles. The maximum Gasteiger partial charge on any atom is 0.295 e. The molecule has 0 fully saturated rings. The Hall–Kier alpha value is -4.04. The largest absolute Gasteiger partial charge is 0.326 e. The van der Waals surface area contributed by atoms with Crippen LogP contribution in [0, 0.1) is 6.92 Å². The molecule has 0 radical (unpaired) electrons. The molecule has 1 atom stereocenters. The summed E-state index contributed by atoms with van der Waals surface area (Å²) in [7, 11) is 1.79. The molecule has 4 rings (SSSR count). The van der Waals surface area contributed by atoms with E-state index in [-0.39, 0.29) is 23.1 Å². The van der Waals surface area contributed by atoms with Gasteiger partial charge in [0.25, 0.3) is 5.56 Å². The van der Waals surface area contributed by atoms with E-state index in [0.29, 0.717) is 17.8 Å². The quantitative estimate of drug-likeness (QED) is 0.244. The van der Waals surface area contributed by atoms with Crippen molar-refractivity contribution in [3.05, 3.63) is 107 Å². The highest BCUT2D eigenvalue weighted by Crippen LogP contribution is 2.37. The maximum atomic E-state index is 13.7. The zero-order valence-corrected chi connectivity index (χ0v) is 22.6. The first kappa shape index (κ1) is 27.0. The molecule has 0 saturated heterocycles. The second-order valence-electron chi connectivity index (χ2n) is 9.01. The zero-order chi connectivity index (χ0) is 27.1. The number of hydrogen-bond acceptors (Lipinski definition) is 4. The van der Waals surface area contributed by atoms with Crippen molar-refractivity contribution in [3.63, 3.8) is 0 Å². The number of carbonyl (C=O) groups is 2. The summed E-state index contributed by atoms with van der Waals surface area (Å²) < 4.78 is 3.28. The van der Waals surface area contributed by atoms with Crippen LogP contribution >= 0.6 is 11.8 Å². The van der Waals surface area contributed by atoms with Crippen molar-refractivity contribution in [1.82, 2.24) is 9.36 Å². The van der Waals surface area contributed by atoms with E-state index < -0.39 is 5.25 Å². The van der Waals surface area contributed by atoms with Gasteiger partial charge in [-0.05, 0) is 49.2 Å². The van der Waals surface area contributed by atoms with Gasteiger partial charge in [0.15, 0.2) is 0 Å². The fraction of sp³-hybridized carbons (Fsp3) is 0.233. The Bertz CT molecular complexity index is 1460. The fourth-order valence-electron chi connectivity index (χ4n) is 4.15. The van der Waals surface area contributed by atoms with Crippen LogP contribution in [0.4, 0.5) is 11.4 Å². The summed E-state index contributed by atoms with van der Waals surface area (Å²) in [6.45, 7) is 3.86. The Morgan fingerprint density at radius 1 is 0.921 bits per heavy atom. The highest BCUT2D eigenvalue weighted by Gasteiger charge is 2.26. The standard InChI is InChI=1S/C30H32N4O3S/c1-4-5-19-26(35)31-23-15-12-18-25(20-23)38-28(22-13-8-6-9-14-22)29(36)32-27-21(2)33(3)34(30(27)37)24-16-10-7-11-17-24/h6-18,20,28H,4-5,19H2,1-3H3,(H,31,35)(H,32,36). The van der Waals surface area contributed by atoms with E-state index in [9.17, 15) is 14.4 Å². The number of hydrogen-bond donors (Lipinski definition) is 2. The van der Waals surface area contributed by atoms with Gasteiger partial charge in [-0.15, -0.1) is 11.8 Å². The van der Waals surface area contributed by atoms with Gasteiger partial charge in [0, 0.05) is 24.1 Å². The van der Waals surface area contributed by atoms with Crippen LogP contribution in [0.2, 0.25) is 0 Å². The number of nitrogens with one attached hydrogen (secondary N) is 2. The monoisotopic (exact) mass is 528 g/mol. The van der Waals surface area contributed by atoms with E-state index in [1.54, 1.807) is 16.4 Å². The molecule has 0 aliphatic heterocycles. The number of carbonyl (C=O) groups excluding carboxylic acids is 2. The van der Waals surface area contributed by atoms with Gasteiger partial charge < -0.3 is 10.6 Å². The van der Waals surface area contributed by atoms with Gasteiger partial charge in [0.1, 0.15) is 10.9 Å². The van der Waals surface area contributed by atoms with Crippen molar-refractivity contribution in [3.8, 4) is 5.69 Å². The lowest BCUT2D eigenvalue weighted by molar-refractivity contribution is -0.116. The normalized spacial score (nSPS) is 11.7. The van der Waals surface area contributed by atoms with Crippen LogP contribution in [-0.4, -0.2) is 21.2 Å². The molecule has 38 heavy (non-hydrogen) atoms. The van der Waals surface area contributed by atoms with E-state index in [1.165, 1.54) is 11.8 Å². The Balaban J connectivity index is 1.61. The van der Waals surface area contributed by atoms with Crippen molar-refractivity contribution in [1.29, 1.82) is 0 Å². The molecule has 8 heteroatoms. The van der Waals surface area contributed by atoms with Gasteiger partial charge in [0.2, 0.25) is 11.8 Å². The van der Waals surface area contributed by atoms with Gasteiger partial charge in [-0.25, -0.2) is 4.68 Å². The highest BCUT2D eigenvalue weighted by atomic mass is 32.2. The Kier molecular flexibility index (Phi) is 8.86. The third-order valence-corrected chi connectivity index (χ3v) is 7.52. The van der Waals surface area contributed by atoms with Crippen molar-refractivity contribution >= 4 is 35.0 Å². The molecule has 2 amide bonds. The second kappa shape index (κ2) is 12.5. The van der Waals surface area contributed by atoms with Crippen LogP contribution in [0.5, 0.6) is 0 Å². The van der Waals surface area contributed by atoms with Gasteiger partial charge in [-0.3, -0.25) is 19.1 Å². The van der Waals surface area contributed by atoms with E-state index >= 15 is 0 Å². The van der Waals surface area contributed by atoms with Crippen molar-refractivity contribution < 1.29 is 9.59 Å². The van der Waals surface area contributed by atoms with Crippen molar-refractivity contribution in [2.45, 2.75) is 43.3 Å². The first-order valence-corrected chi connectivity index (χ1v) is 13.5. The zero-order valence-electron chi connectivity index (χ0n) is 21.8. The lowest BCUT2D eigenvalue weighted by Gasteiger charge is -2.17. The molecule has 196 valence electrons. The fourth-order valence-corrected chi connectivity index (χ4v) is 5.23. The summed E-state index contributed by atoms with van der Waals surface area (Å²) >= 11 is 1.37. The molecule has 1 unspecified atom stereocenters. The molecule has 0 aliphatic rings. The van der Waals surface area contributed by atoms with Crippen LogP contribution < -0.4 is 16.2 Å². The molecule has 0 bridgehead atoms. The molecule has 4 aromatic rings. The lowest BCUT2D eigenvalue weighted by atomic mass is 10.1. The minimum atomic E-state index is -0.619. The number of amides is 2. The van der Waals surface area contributed by atoms with Crippen LogP contribution in [0.25, 0.3) is 5.69 Å². The van der Waals surface area contributed by atoms with Crippen LogP contribution in [0.15, 0.2) is 94.6 Å². The number of thioether (sulfide) groups is 1. The number of rotatable bonds is 10. The second-order valence-corrected chi connectivity index (χ2v) is 10.2. The van der Waals surface area contributed by atoms with Gasteiger partial charge >= 0.3 is 0 Å². The van der Waals surface area contributed by atoms with Crippen LogP contribution in [-0.2, 0) is 16.6 Å². The molecule has 2 N–H and O–H groups in total. The van der Waals surface area contributed by atoms with Gasteiger partial charge in [-0.1, -0.05) is 67.9 Å². The Morgan fingerprint density at radius 3 is 2.29 bits per heavy atom. The molecule has 1 heterocycles. The third-order valence-electron chi connectivity index (χ3n) is 6.27. The molecular weight excluding hydrogens is 496 g/mol. The topological polar surface area (TPSA) is 85.1 Å². The van der Waals surface area contributed by atoms with Crippen LogP contribution in [0.1, 0.15) is 42.7 Å². The van der Waals surface area contributed by atoms with E-state index in [4.69, 9.17) is 0 Å². The summed E-state index contributed by atoms with van der Waals surface area (Å²) in [5, 5.41) is 5.23. The minimum Gasteiger partial charge on any atom is -0.326 e. The van der Waals surface area contributed by atoms with Gasteiger partial charge in [0.05, 0.1) is 11.4 Å². The smallest absolute Gasteiger partial charge is 0.295 e. The average Bonchev–Trinajstić information content (AvgIpc) is 3.14. The summed E-state index contributed by atoms with van der Waals surface area (Å²) in [6, 6.07) is 26.3. The van der Waals surface area contributed by atoms with Crippen molar-refractivity contribution in [2.24, 2.45) is 7.05 Å². The molecular formula is C30H32N4O3S. The SMILES string of the molecule is CCCCC(=O)Nc1cccc(SC(C(=O)Nc2c(C)n(C)n(-c3ccccc3)c2=O)c2ccccc2)c1. The molecule has 1 aromatic heterocycles. The number of nitrogens with zero attached hydrogens (tertiary/aromatic N) is 2. The maximum absolute atomic E-state index is 13.7. The number of benzene rings is 3. The van der Waals surface area contributed by atoms with Crippen LogP contribution in [0.3, 0.4) is 0 Å². The summed E-state index contributed by atoms with van der Waals surface area (Å²) in [4.78, 5) is 40.1. The summed E-state index contributed by atoms with van der Waals surface area (Å²) in [5.74, 6) is -0.329. The highest BCUT2D eigenvalue weighted by molar-refractivity contribution is 8.00. The number of para-hydroxylation sites is 1. The van der Waals surface area contributed by atoms with E-state index in [1.807, 2.05) is 98.8 Å². The Morgan fingerprint density at radius 2 is 1.61 bits per heavy atom. The Labute approximate surface area is 226 Å². The van der Waals surface area contributed by atoms with Gasteiger partial charge in [-0.2, -0.15) is 0 Å². The van der Waals surface area contributed by atoms with E-state index in [2.05, 4.69) is 10.6 Å². The predicted molar refractivity (Wildman–Crippen MR) is 154 cm³/mol. The first-order valence-electron chi connectivity index (χ1n) is 12.7. The minimum absolute atomic E-state index is 0.0272. The third kappa shape index (κ3) is 6.26. The molecule has 0 spiro atoms. The van der Waals surface area contributed by atoms with E-state index in [0.717, 1.165) is 29.0 Å². The molecule has 7 nitrogen and oxygen atoms in total. The number of unbranched alkanes of at least 4 members (excludes halogenated alkanes) is 1. The number of anilines is 2. The molecule has 0 saturated carbocycles. The predicted octanol–water partition coefficient (Wildman–Crippen LogP) is 6.09. The lowest BCUT2D eigenvalue weighted by Crippen LogP contribution is -2.25.